The van der Waals surface area contributed by atoms with E-state index in [0.717, 1.165) is 0 Å². The van der Waals surface area contributed by atoms with Crippen LogP contribution in [0.15, 0.2) is 54.1 Å². The van der Waals surface area contributed by atoms with E-state index in [1.165, 1.54) is 19.1 Å². The number of hydrogen-bond acceptors (Lipinski definition) is 5. The predicted octanol–water partition coefficient (Wildman–Crippen LogP) is 2.95. The van der Waals surface area contributed by atoms with Gasteiger partial charge in [0.15, 0.2) is 0 Å². The maximum Gasteiger partial charge on any atom is 0.335 e. The molecule has 1 saturated heterocycles. The molecular formula is C25H34N2O6. The third kappa shape index (κ3) is 7.46. The molecule has 2 N–H and O–H groups in total. The van der Waals surface area contributed by atoms with Crippen LogP contribution in [0.4, 0.5) is 0 Å². The number of nitrogens with one attached hydrogen (secondary N) is 1. The van der Waals surface area contributed by atoms with E-state index in [-0.39, 0.29) is 36.6 Å². The summed E-state index contributed by atoms with van der Waals surface area (Å²) in [6, 6.07) is 9.08. The van der Waals surface area contributed by atoms with Gasteiger partial charge in [-0.1, -0.05) is 36.4 Å². The number of carbonyl (C=O) groups excluding carboxylic acids is 2. The Balaban J connectivity index is 2.08. The molecule has 2 amide bonds. The average Bonchev–Trinajstić information content (AvgIpc) is 2.80. The molecule has 1 aliphatic heterocycles. The fourth-order valence-electron chi connectivity index (χ4n) is 3.88. The van der Waals surface area contributed by atoms with Gasteiger partial charge in [0, 0.05) is 39.0 Å². The van der Waals surface area contributed by atoms with E-state index < -0.39 is 11.5 Å². The van der Waals surface area contributed by atoms with E-state index in [1.807, 2.05) is 37.3 Å². The van der Waals surface area contributed by atoms with Gasteiger partial charge in [-0.2, -0.15) is 0 Å². The van der Waals surface area contributed by atoms with Gasteiger partial charge >= 0.3 is 5.97 Å². The Labute approximate surface area is 195 Å². The molecule has 1 fully saturated rings. The number of carbonyl (C=O) groups is 3. The van der Waals surface area contributed by atoms with Crippen molar-refractivity contribution in [1.82, 2.24) is 10.2 Å². The third-order valence-corrected chi connectivity index (χ3v) is 5.69. The lowest BCUT2D eigenvalue weighted by Gasteiger charge is -2.44. The maximum absolute atomic E-state index is 13.4. The van der Waals surface area contributed by atoms with Crippen LogP contribution in [-0.4, -0.2) is 65.7 Å². The summed E-state index contributed by atoms with van der Waals surface area (Å²) in [4.78, 5) is 38.7. The fourth-order valence-corrected chi connectivity index (χ4v) is 3.88. The number of benzene rings is 1. The van der Waals surface area contributed by atoms with Crippen molar-refractivity contribution >= 4 is 17.8 Å². The molecule has 0 saturated carbocycles. The first-order valence-corrected chi connectivity index (χ1v) is 11.2. The van der Waals surface area contributed by atoms with E-state index in [4.69, 9.17) is 14.6 Å². The van der Waals surface area contributed by atoms with Crippen molar-refractivity contribution in [1.29, 1.82) is 0 Å². The highest BCUT2D eigenvalue weighted by Gasteiger charge is 2.46. The molecule has 33 heavy (non-hydrogen) atoms. The van der Waals surface area contributed by atoms with Crippen molar-refractivity contribution in [2.75, 3.05) is 26.4 Å². The summed E-state index contributed by atoms with van der Waals surface area (Å²) in [5.41, 5.74) is -0.826. The van der Waals surface area contributed by atoms with Crippen molar-refractivity contribution in [2.24, 2.45) is 0 Å². The van der Waals surface area contributed by atoms with Gasteiger partial charge in [0.2, 0.25) is 11.8 Å². The number of hydrogen-bond donors (Lipinski definition) is 2. The highest BCUT2D eigenvalue weighted by Crippen LogP contribution is 2.29. The molecule has 1 atom stereocenters. The zero-order valence-electron chi connectivity index (χ0n) is 19.6. The molecule has 1 aromatic carbocycles. The van der Waals surface area contributed by atoms with Gasteiger partial charge in [0.05, 0.1) is 12.1 Å². The summed E-state index contributed by atoms with van der Waals surface area (Å²) >= 11 is 0. The molecule has 0 spiro atoms. The number of aliphatic carboxylic acids is 1. The number of amides is 2. The Morgan fingerprint density at radius 2 is 1.91 bits per heavy atom. The molecule has 1 aliphatic rings. The molecule has 1 aromatic rings. The van der Waals surface area contributed by atoms with Crippen molar-refractivity contribution < 1.29 is 29.0 Å². The number of allylic oxidation sites excluding steroid dienone is 1. The SMILES string of the molecule is C/C=C(\C=C/CC(C)NC(=O)C1(N(CCOc2ccccc2)C(C)=O)CCOCC1)C(=O)O. The van der Waals surface area contributed by atoms with E-state index in [2.05, 4.69) is 5.32 Å². The Hall–Kier alpha value is -3.13. The first kappa shape index (κ1) is 26.1. The zero-order chi connectivity index (χ0) is 24.3. The number of carboxylic acid groups (broad SMARTS) is 1. The van der Waals surface area contributed by atoms with Gasteiger partial charge in [-0.15, -0.1) is 0 Å². The molecule has 1 heterocycles. The van der Waals surface area contributed by atoms with E-state index in [1.54, 1.807) is 17.9 Å². The quantitative estimate of drug-likeness (QED) is 0.390. The summed E-state index contributed by atoms with van der Waals surface area (Å²) in [6.07, 6.45) is 6.02. The second-order valence-electron chi connectivity index (χ2n) is 8.04. The lowest BCUT2D eigenvalue weighted by atomic mass is 9.86. The first-order chi connectivity index (χ1) is 15.8. The predicted molar refractivity (Wildman–Crippen MR) is 125 cm³/mol. The molecule has 8 nitrogen and oxygen atoms in total. The summed E-state index contributed by atoms with van der Waals surface area (Å²) in [5.74, 6) is -0.725. The van der Waals surface area contributed by atoms with E-state index in [0.29, 0.717) is 38.2 Å². The second-order valence-corrected chi connectivity index (χ2v) is 8.04. The van der Waals surface area contributed by atoms with Gasteiger partial charge < -0.3 is 24.8 Å². The van der Waals surface area contributed by atoms with Gasteiger partial charge in [-0.3, -0.25) is 9.59 Å². The Morgan fingerprint density at radius 3 is 2.48 bits per heavy atom. The standard InChI is InChI=1S/C25H34N2O6/c1-4-21(23(29)30)10-8-9-19(2)26-24(31)25(13-16-32-17-14-25)27(20(3)28)15-18-33-22-11-6-5-7-12-22/h4-8,10-12,19H,9,13-18H2,1-3H3,(H,26,31)(H,29,30)/b10-8-,21-4+. The van der Waals surface area contributed by atoms with Crippen LogP contribution in [0.5, 0.6) is 5.75 Å². The number of ether oxygens (including phenoxy) is 2. The molecule has 0 aliphatic carbocycles. The molecule has 0 bridgehead atoms. The molecule has 8 heteroatoms. The zero-order valence-corrected chi connectivity index (χ0v) is 19.6. The van der Waals surface area contributed by atoms with Crippen LogP contribution in [0.25, 0.3) is 0 Å². The van der Waals surface area contributed by atoms with Crippen molar-refractivity contribution in [2.45, 2.75) is 51.6 Å². The minimum Gasteiger partial charge on any atom is -0.492 e. The number of para-hydroxylation sites is 1. The molecule has 0 radical (unpaired) electrons. The van der Waals surface area contributed by atoms with Gasteiger partial charge in [0.1, 0.15) is 17.9 Å². The molecule has 1 unspecified atom stereocenters. The molecule has 2 rings (SSSR count). The molecule has 0 aromatic heterocycles. The van der Waals surface area contributed by atoms with Crippen LogP contribution in [0.1, 0.15) is 40.0 Å². The van der Waals surface area contributed by atoms with E-state index in [9.17, 15) is 14.4 Å². The summed E-state index contributed by atoms with van der Waals surface area (Å²) in [5, 5.41) is 12.1. The van der Waals surface area contributed by atoms with Gasteiger partial charge in [-0.05, 0) is 32.4 Å². The van der Waals surface area contributed by atoms with Crippen LogP contribution in [0.2, 0.25) is 0 Å². The summed E-state index contributed by atoms with van der Waals surface area (Å²) in [7, 11) is 0. The average molecular weight is 459 g/mol. The van der Waals surface area contributed by atoms with Crippen LogP contribution < -0.4 is 10.1 Å². The van der Waals surface area contributed by atoms with Crippen LogP contribution in [-0.2, 0) is 19.1 Å². The maximum atomic E-state index is 13.4. The smallest absolute Gasteiger partial charge is 0.335 e. The number of nitrogens with zero attached hydrogens (tertiary/aromatic N) is 1. The van der Waals surface area contributed by atoms with Gasteiger partial charge in [-0.25, -0.2) is 4.79 Å². The lowest BCUT2D eigenvalue weighted by Crippen LogP contribution is -2.64. The Morgan fingerprint density at radius 1 is 1.24 bits per heavy atom. The second kappa shape index (κ2) is 12.8. The van der Waals surface area contributed by atoms with Gasteiger partial charge in [0.25, 0.3) is 0 Å². The normalized spacial score (nSPS) is 16.8. The fraction of sp³-hybridized carbons (Fsp3) is 0.480. The van der Waals surface area contributed by atoms with Crippen molar-refractivity contribution in [3.63, 3.8) is 0 Å². The number of rotatable bonds is 11. The number of carboxylic acids is 1. The Kier molecular flexibility index (Phi) is 10.1. The van der Waals surface area contributed by atoms with Crippen LogP contribution in [0, 0.1) is 0 Å². The highest BCUT2D eigenvalue weighted by molar-refractivity contribution is 5.91. The van der Waals surface area contributed by atoms with Crippen LogP contribution in [0.3, 0.4) is 0 Å². The lowest BCUT2D eigenvalue weighted by molar-refractivity contribution is -0.154. The summed E-state index contributed by atoms with van der Waals surface area (Å²) < 4.78 is 11.3. The minimum absolute atomic E-state index is 0.190. The monoisotopic (exact) mass is 458 g/mol. The van der Waals surface area contributed by atoms with Crippen molar-refractivity contribution in [3.05, 3.63) is 54.1 Å². The topological polar surface area (TPSA) is 105 Å². The summed E-state index contributed by atoms with van der Waals surface area (Å²) in [6.45, 7) is 6.27. The largest absolute Gasteiger partial charge is 0.492 e. The third-order valence-electron chi connectivity index (χ3n) is 5.69. The molecular weight excluding hydrogens is 424 g/mol. The van der Waals surface area contributed by atoms with Crippen LogP contribution >= 0.6 is 0 Å². The van der Waals surface area contributed by atoms with Crippen molar-refractivity contribution in [3.8, 4) is 5.75 Å². The van der Waals surface area contributed by atoms with E-state index >= 15 is 0 Å². The minimum atomic E-state index is -1.02. The Bertz CT molecular complexity index is 859. The highest BCUT2D eigenvalue weighted by atomic mass is 16.5. The molecule has 180 valence electrons. The first-order valence-electron chi connectivity index (χ1n) is 11.2.